The molecule has 0 aliphatic rings. The number of rotatable bonds is 7. The molecule has 62 heavy (non-hydrogen) atoms. The normalized spacial score (nSPS) is 11.5. The summed E-state index contributed by atoms with van der Waals surface area (Å²) >= 11 is 0. The molecule has 5 aromatic heterocycles. The lowest BCUT2D eigenvalue weighted by Crippen LogP contribution is -2.01. The number of hydrogen-bond donors (Lipinski definition) is 0. The van der Waals surface area contributed by atoms with Crippen molar-refractivity contribution in [1.82, 2.24) is 34.1 Å². The largest absolute Gasteiger partial charge is 0.309 e. The molecule has 0 aliphatic heterocycles. The zero-order valence-corrected chi connectivity index (χ0v) is 33.3. The maximum absolute atomic E-state index is 4.92. The third-order valence-electron chi connectivity index (χ3n) is 11.7. The predicted octanol–water partition coefficient (Wildman–Crippen LogP) is 13.2. The van der Waals surface area contributed by atoms with Gasteiger partial charge in [-0.25, -0.2) is 15.0 Å². The Bertz CT molecular complexity index is 3560. The van der Waals surface area contributed by atoms with Crippen LogP contribution in [0, 0.1) is 0 Å². The van der Waals surface area contributed by atoms with Crippen LogP contribution >= 0.6 is 0 Å². The van der Waals surface area contributed by atoms with Crippen LogP contribution in [0.25, 0.3) is 112 Å². The molecule has 0 N–H and O–H groups in total. The Morgan fingerprint density at radius 2 is 0.774 bits per heavy atom. The van der Waals surface area contributed by atoms with Crippen molar-refractivity contribution in [3.8, 4) is 68.1 Å². The Morgan fingerprint density at radius 1 is 0.274 bits per heavy atom. The first kappa shape index (κ1) is 35.4. The molecule has 0 bridgehead atoms. The van der Waals surface area contributed by atoms with E-state index in [0.29, 0.717) is 28.9 Å². The van der Waals surface area contributed by atoms with E-state index in [1.165, 1.54) is 43.7 Å². The van der Waals surface area contributed by atoms with E-state index < -0.39 is 0 Å². The molecule has 0 unspecified atom stereocenters. The Balaban J connectivity index is 0.938. The van der Waals surface area contributed by atoms with Gasteiger partial charge in [0.15, 0.2) is 17.5 Å². The van der Waals surface area contributed by atoms with Crippen molar-refractivity contribution in [2.24, 2.45) is 0 Å². The lowest BCUT2D eigenvalue weighted by atomic mass is 10.0. The summed E-state index contributed by atoms with van der Waals surface area (Å²) in [7, 11) is 0. The van der Waals surface area contributed by atoms with Gasteiger partial charge in [0.2, 0.25) is 0 Å². The third kappa shape index (κ3) is 6.02. The van der Waals surface area contributed by atoms with Crippen molar-refractivity contribution in [2.45, 2.75) is 0 Å². The molecule has 0 amide bonds. The average Bonchev–Trinajstić information content (AvgIpc) is 3.87. The molecule has 12 aromatic rings. The van der Waals surface area contributed by atoms with Gasteiger partial charge in [0, 0.05) is 50.9 Å². The van der Waals surface area contributed by atoms with E-state index >= 15 is 0 Å². The Labute approximate surface area is 356 Å². The second-order valence-electron chi connectivity index (χ2n) is 15.4. The minimum atomic E-state index is 0.495. The number of aromatic nitrogens is 7. The van der Waals surface area contributed by atoms with E-state index in [-0.39, 0.29) is 0 Å². The van der Waals surface area contributed by atoms with E-state index in [2.05, 4.69) is 177 Å². The van der Waals surface area contributed by atoms with E-state index in [9.17, 15) is 0 Å². The van der Waals surface area contributed by atoms with Crippen LogP contribution in [-0.4, -0.2) is 34.1 Å². The first-order valence-corrected chi connectivity index (χ1v) is 20.7. The van der Waals surface area contributed by atoms with Gasteiger partial charge < -0.3 is 9.13 Å². The van der Waals surface area contributed by atoms with E-state index in [4.69, 9.17) is 15.0 Å². The number of pyridine rings is 2. The zero-order chi connectivity index (χ0) is 41.0. The molecule has 0 aliphatic carbocycles. The van der Waals surface area contributed by atoms with Crippen LogP contribution in [0.1, 0.15) is 0 Å². The van der Waals surface area contributed by atoms with Crippen molar-refractivity contribution in [2.75, 3.05) is 0 Å². The van der Waals surface area contributed by atoms with Crippen LogP contribution in [0.2, 0.25) is 0 Å². The molecule has 7 aromatic carbocycles. The zero-order valence-electron chi connectivity index (χ0n) is 33.3. The van der Waals surface area contributed by atoms with Gasteiger partial charge in [-0.2, -0.15) is 0 Å². The molecular weight excluding hydrogens is 759 g/mol. The highest BCUT2D eigenvalue weighted by molar-refractivity contribution is 6.11. The summed E-state index contributed by atoms with van der Waals surface area (Å²) in [5, 5.41) is 4.89. The van der Waals surface area contributed by atoms with Crippen LogP contribution < -0.4 is 0 Å². The van der Waals surface area contributed by atoms with Crippen molar-refractivity contribution in [3.63, 3.8) is 0 Å². The minimum Gasteiger partial charge on any atom is -0.309 e. The SMILES string of the molecule is c1ccc(-n2c3ccccc3c3cc(-c4ccc(-n5c6ccccc6c6ccc(-c7cccc(-c8nc(-c9ccccn9)nc(-c9ccccn9)n8)c7)cc65)cc4)ccc32)cc1. The molecule has 0 spiro atoms. The van der Waals surface area contributed by atoms with Crippen LogP contribution in [0.3, 0.4) is 0 Å². The molecule has 0 saturated carbocycles. The molecule has 290 valence electrons. The average molecular weight is 794 g/mol. The Kier molecular flexibility index (Phi) is 8.35. The number of fused-ring (bicyclic) bond motifs is 6. The molecule has 12 rings (SSSR count). The maximum Gasteiger partial charge on any atom is 0.182 e. The topological polar surface area (TPSA) is 74.3 Å². The standard InChI is InChI=1S/C55H35N7/c1-2-15-41(16-3-1)61-50-22-7-5-18-44(50)46-34-38(26-30-51(46)61)36-23-27-42(28-24-36)62-49-21-6-4-17-43(49)45-29-25-39(35-52(45)62)37-13-12-14-40(33-37)53-58-54(47-19-8-10-31-56-47)60-55(59-53)48-20-9-11-32-57-48/h1-35H. The first-order valence-electron chi connectivity index (χ1n) is 20.7. The van der Waals surface area contributed by atoms with Gasteiger partial charge in [-0.3, -0.25) is 9.97 Å². The fraction of sp³-hybridized carbons (Fsp3) is 0. The molecule has 5 heterocycles. The van der Waals surface area contributed by atoms with E-state index in [0.717, 1.165) is 39.1 Å². The maximum atomic E-state index is 4.92. The summed E-state index contributed by atoms with van der Waals surface area (Å²) in [5.41, 5.74) is 13.7. The highest BCUT2D eigenvalue weighted by atomic mass is 15.1. The second-order valence-corrected chi connectivity index (χ2v) is 15.4. The molecular formula is C55H35N7. The molecule has 7 heteroatoms. The van der Waals surface area contributed by atoms with Crippen molar-refractivity contribution in [3.05, 3.63) is 213 Å². The van der Waals surface area contributed by atoms with Gasteiger partial charge in [-0.05, 0) is 107 Å². The molecule has 0 atom stereocenters. The fourth-order valence-corrected chi connectivity index (χ4v) is 8.80. The number of para-hydroxylation sites is 3. The molecule has 0 fully saturated rings. The smallest absolute Gasteiger partial charge is 0.182 e. The van der Waals surface area contributed by atoms with Gasteiger partial charge in [0.1, 0.15) is 11.4 Å². The lowest BCUT2D eigenvalue weighted by molar-refractivity contribution is 1.05. The van der Waals surface area contributed by atoms with Gasteiger partial charge in [0.05, 0.1) is 22.1 Å². The summed E-state index contributed by atoms with van der Waals surface area (Å²) in [6.45, 7) is 0. The first-order chi connectivity index (χ1) is 30.7. The Morgan fingerprint density at radius 3 is 1.47 bits per heavy atom. The summed E-state index contributed by atoms with van der Waals surface area (Å²) in [6.07, 6.45) is 3.49. The van der Waals surface area contributed by atoms with Crippen molar-refractivity contribution >= 4 is 43.6 Å². The third-order valence-corrected chi connectivity index (χ3v) is 11.7. The quantitative estimate of drug-likeness (QED) is 0.161. The van der Waals surface area contributed by atoms with Gasteiger partial charge in [-0.1, -0.05) is 115 Å². The van der Waals surface area contributed by atoms with Crippen molar-refractivity contribution in [1.29, 1.82) is 0 Å². The van der Waals surface area contributed by atoms with Crippen LogP contribution in [0.5, 0.6) is 0 Å². The predicted molar refractivity (Wildman–Crippen MR) is 251 cm³/mol. The molecule has 0 saturated heterocycles. The summed E-state index contributed by atoms with van der Waals surface area (Å²) in [6, 6.07) is 70.3. The van der Waals surface area contributed by atoms with Crippen LogP contribution in [0.15, 0.2) is 213 Å². The van der Waals surface area contributed by atoms with Gasteiger partial charge >= 0.3 is 0 Å². The number of benzene rings is 7. The number of hydrogen-bond acceptors (Lipinski definition) is 5. The fourth-order valence-electron chi connectivity index (χ4n) is 8.80. The Hall–Kier alpha value is -8.55. The van der Waals surface area contributed by atoms with Gasteiger partial charge in [-0.15, -0.1) is 0 Å². The summed E-state index contributed by atoms with van der Waals surface area (Å²) in [4.78, 5) is 23.7. The summed E-state index contributed by atoms with van der Waals surface area (Å²) in [5.74, 6) is 1.55. The lowest BCUT2D eigenvalue weighted by Gasteiger charge is -2.11. The monoisotopic (exact) mass is 793 g/mol. The van der Waals surface area contributed by atoms with Crippen LogP contribution in [0.4, 0.5) is 0 Å². The minimum absolute atomic E-state index is 0.495. The van der Waals surface area contributed by atoms with E-state index in [1.807, 2.05) is 42.5 Å². The van der Waals surface area contributed by atoms with Gasteiger partial charge in [0.25, 0.3) is 0 Å². The molecule has 7 nitrogen and oxygen atoms in total. The highest BCUT2D eigenvalue weighted by Crippen LogP contribution is 2.38. The second kappa shape index (κ2) is 14.6. The summed E-state index contributed by atoms with van der Waals surface area (Å²) < 4.78 is 4.74. The number of nitrogens with zero attached hydrogens (tertiary/aromatic N) is 7. The van der Waals surface area contributed by atoms with Crippen LogP contribution in [-0.2, 0) is 0 Å². The van der Waals surface area contributed by atoms with Crippen molar-refractivity contribution < 1.29 is 0 Å². The molecule has 0 radical (unpaired) electrons. The highest BCUT2D eigenvalue weighted by Gasteiger charge is 2.18. The van der Waals surface area contributed by atoms with E-state index in [1.54, 1.807) is 12.4 Å².